The molecule has 0 bridgehead atoms. The van der Waals surface area contributed by atoms with Crippen LogP contribution in [-0.2, 0) is 14.3 Å². The molecule has 1 heterocycles. The van der Waals surface area contributed by atoms with E-state index in [0.29, 0.717) is 11.5 Å². The Morgan fingerprint density at radius 1 is 1.20 bits per heavy atom. The van der Waals surface area contributed by atoms with Crippen molar-refractivity contribution >= 4 is 17.9 Å². The summed E-state index contributed by atoms with van der Waals surface area (Å²) in [5.41, 5.74) is 0.577. The van der Waals surface area contributed by atoms with Crippen LogP contribution < -0.4 is 5.32 Å². The SMILES string of the molecule is CC1CCCCC1NC(=O)CN1C(=O)/C(=C\c2cccc(F)c2)OC2CCCCC21. The normalized spacial score (nSPS) is 30.5. The monoisotopic (exact) mass is 414 g/mol. The molecule has 2 saturated carbocycles. The third-order valence-corrected chi connectivity index (χ3v) is 6.74. The van der Waals surface area contributed by atoms with Crippen molar-refractivity contribution in [1.82, 2.24) is 10.2 Å². The lowest BCUT2D eigenvalue weighted by atomic mass is 9.86. The van der Waals surface area contributed by atoms with Crippen LogP contribution >= 0.6 is 0 Å². The van der Waals surface area contributed by atoms with E-state index in [9.17, 15) is 14.0 Å². The molecule has 5 nitrogen and oxygen atoms in total. The van der Waals surface area contributed by atoms with Gasteiger partial charge in [0.25, 0.3) is 5.91 Å². The van der Waals surface area contributed by atoms with Crippen LogP contribution in [0.25, 0.3) is 6.08 Å². The zero-order valence-corrected chi connectivity index (χ0v) is 17.6. The molecule has 30 heavy (non-hydrogen) atoms. The Morgan fingerprint density at radius 3 is 2.77 bits per heavy atom. The molecule has 3 fully saturated rings. The molecule has 4 atom stereocenters. The van der Waals surface area contributed by atoms with Gasteiger partial charge in [0.2, 0.25) is 5.91 Å². The summed E-state index contributed by atoms with van der Waals surface area (Å²) in [6.07, 6.45) is 9.73. The highest BCUT2D eigenvalue weighted by Gasteiger charge is 2.42. The summed E-state index contributed by atoms with van der Waals surface area (Å²) in [4.78, 5) is 27.7. The minimum Gasteiger partial charge on any atom is -0.482 e. The molecule has 6 heteroatoms. The van der Waals surface area contributed by atoms with Crippen LogP contribution in [0.3, 0.4) is 0 Å². The number of nitrogens with one attached hydrogen (secondary N) is 1. The van der Waals surface area contributed by atoms with E-state index in [1.54, 1.807) is 23.1 Å². The Bertz CT molecular complexity index is 824. The fourth-order valence-corrected chi connectivity index (χ4v) is 5.05. The van der Waals surface area contributed by atoms with Crippen molar-refractivity contribution in [2.45, 2.75) is 76.5 Å². The second-order valence-corrected chi connectivity index (χ2v) is 8.94. The number of nitrogens with zero attached hydrogens (tertiary/aromatic N) is 1. The first-order valence-electron chi connectivity index (χ1n) is 11.3. The van der Waals surface area contributed by atoms with Crippen LogP contribution in [0.1, 0.15) is 63.9 Å². The molecule has 0 spiro atoms. The zero-order valence-electron chi connectivity index (χ0n) is 17.6. The van der Waals surface area contributed by atoms with Gasteiger partial charge in [0.15, 0.2) is 5.76 Å². The Labute approximate surface area is 177 Å². The maximum absolute atomic E-state index is 13.6. The number of amides is 2. The minimum atomic E-state index is -0.360. The molecule has 0 aromatic heterocycles. The number of ether oxygens (including phenoxy) is 1. The number of fused-ring (bicyclic) bond motifs is 1. The predicted molar refractivity (Wildman–Crippen MR) is 113 cm³/mol. The lowest BCUT2D eigenvalue weighted by Crippen LogP contribution is -2.57. The zero-order chi connectivity index (χ0) is 21.1. The third kappa shape index (κ3) is 4.68. The van der Waals surface area contributed by atoms with Crippen molar-refractivity contribution < 1.29 is 18.7 Å². The summed E-state index contributed by atoms with van der Waals surface area (Å²) in [6.45, 7) is 2.23. The number of morpholine rings is 1. The number of hydrogen-bond donors (Lipinski definition) is 1. The molecule has 1 aromatic rings. The minimum absolute atomic E-state index is 0.0487. The largest absolute Gasteiger partial charge is 0.482 e. The van der Waals surface area contributed by atoms with Gasteiger partial charge in [-0.3, -0.25) is 9.59 Å². The highest BCUT2D eigenvalue weighted by atomic mass is 19.1. The summed E-state index contributed by atoms with van der Waals surface area (Å²) in [5, 5.41) is 3.16. The lowest BCUT2D eigenvalue weighted by molar-refractivity contribution is -0.152. The standard InChI is InChI=1S/C24H31FN2O3/c1-16-7-2-3-10-19(16)26-23(28)15-27-20-11-4-5-12-21(20)30-22(24(27)29)14-17-8-6-9-18(25)13-17/h6,8-9,13-14,16,19-21H,2-5,7,10-12,15H2,1H3,(H,26,28)/b22-14+. The van der Waals surface area contributed by atoms with E-state index < -0.39 is 0 Å². The average molecular weight is 415 g/mol. The van der Waals surface area contributed by atoms with Crippen molar-refractivity contribution in [2.24, 2.45) is 5.92 Å². The molecule has 0 radical (unpaired) electrons. The molecular weight excluding hydrogens is 383 g/mol. The summed E-state index contributed by atoms with van der Waals surface area (Å²) >= 11 is 0. The second kappa shape index (κ2) is 9.19. The molecule has 2 aliphatic carbocycles. The van der Waals surface area contributed by atoms with Crippen molar-refractivity contribution in [3.63, 3.8) is 0 Å². The fraction of sp³-hybridized carbons (Fsp3) is 0.583. The highest BCUT2D eigenvalue weighted by molar-refractivity contribution is 5.98. The molecule has 1 saturated heterocycles. The molecule has 4 rings (SSSR count). The summed E-state index contributed by atoms with van der Waals surface area (Å²) in [7, 11) is 0. The molecule has 1 aliphatic heterocycles. The number of benzene rings is 1. The molecule has 2 amide bonds. The maximum Gasteiger partial charge on any atom is 0.289 e. The van der Waals surface area contributed by atoms with Gasteiger partial charge in [-0.05, 0) is 61.8 Å². The molecular formula is C24H31FN2O3. The first kappa shape index (κ1) is 20.9. The van der Waals surface area contributed by atoms with E-state index in [-0.39, 0.29) is 48.1 Å². The van der Waals surface area contributed by atoms with E-state index in [1.165, 1.54) is 18.6 Å². The second-order valence-electron chi connectivity index (χ2n) is 8.94. The van der Waals surface area contributed by atoms with E-state index in [1.807, 2.05) is 0 Å². The van der Waals surface area contributed by atoms with E-state index >= 15 is 0 Å². The summed E-state index contributed by atoms with van der Waals surface area (Å²) < 4.78 is 19.6. The Balaban J connectivity index is 1.51. The Morgan fingerprint density at radius 2 is 1.97 bits per heavy atom. The van der Waals surface area contributed by atoms with E-state index in [4.69, 9.17) is 4.74 Å². The van der Waals surface area contributed by atoms with Gasteiger partial charge >= 0.3 is 0 Å². The van der Waals surface area contributed by atoms with Gasteiger partial charge in [0.1, 0.15) is 18.5 Å². The van der Waals surface area contributed by atoms with Gasteiger partial charge < -0.3 is 15.0 Å². The van der Waals surface area contributed by atoms with Crippen LogP contribution in [0, 0.1) is 11.7 Å². The summed E-state index contributed by atoms with van der Waals surface area (Å²) in [5.74, 6) is -0.0785. The van der Waals surface area contributed by atoms with Crippen LogP contribution in [0.5, 0.6) is 0 Å². The maximum atomic E-state index is 13.6. The Kier molecular flexibility index (Phi) is 6.40. The highest BCUT2D eigenvalue weighted by Crippen LogP contribution is 2.33. The van der Waals surface area contributed by atoms with Crippen LogP contribution in [0.15, 0.2) is 30.0 Å². The van der Waals surface area contributed by atoms with Gasteiger partial charge in [0, 0.05) is 6.04 Å². The van der Waals surface area contributed by atoms with Crippen molar-refractivity contribution in [3.8, 4) is 0 Å². The first-order chi connectivity index (χ1) is 14.5. The fourth-order valence-electron chi connectivity index (χ4n) is 5.05. The van der Waals surface area contributed by atoms with Gasteiger partial charge in [-0.25, -0.2) is 4.39 Å². The Hall–Kier alpha value is -2.37. The van der Waals surface area contributed by atoms with Crippen LogP contribution in [-0.4, -0.2) is 41.4 Å². The van der Waals surface area contributed by atoms with Crippen molar-refractivity contribution in [3.05, 3.63) is 41.4 Å². The molecule has 3 aliphatic rings. The van der Waals surface area contributed by atoms with E-state index in [0.717, 1.165) is 44.9 Å². The predicted octanol–water partition coefficient (Wildman–Crippen LogP) is 4.03. The first-order valence-corrected chi connectivity index (χ1v) is 11.3. The quantitative estimate of drug-likeness (QED) is 0.757. The topological polar surface area (TPSA) is 58.6 Å². The number of halogens is 1. The van der Waals surface area contributed by atoms with Crippen molar-refractivity contribution in [2.75, 3.05) is 6.54 Å². The molecule has 4 unspecified atom stereocenters. The summed E-state index contributed by atoms with van der Waals surface area (Å²) in [6, 6.07) is 6.19. The molecule has 1 N–H and O–H groups in total. The molecule has 162 valence electrons. The van der Waals surface area contributed by atoms with Crippen LogP contribution in [0.2, 0.25) is 0 Å². The van der Waals surface area contributed by atoms with Gasteiger partial charge in [-0.2, -0.15) is 0 Å². The van der Waals surface area contributed by atoms with Crippen molar-refractivity contribution in [1.29, 1.82) is 0 Å². The number of carbonyl (C=O) groups is 2. The van der Waals surface area contributed by atoms with E-state index in [2.05, 4.69) is 12.2 Å². The smallest absolute Gasteiger partial charge is 0.289 e. The number of carbonyl (C=O) groups excluding carboxylic acids is 2. The van der Waals surface area contributed by atoms with Gasteiger partial charge in [-0.1, -0.05) is 38.3 Å². The van der Waals surface area contributed by atoms with Gasteiger partial charge in [0.05, 0.1) is 6.04 Å². The lowest BCUT2D eigenvalue weighted by Gasteiger charge is -2.44. The van der Waals surface area contributed by atoms with Gasteiger partial charge in [-0.15, -0.1) is 0 Å². The molecule has 1 aromatic carbocycles. The number of rotatable bonds is 4. The third-order valence-electron chi connectivity index (χ3n) is 6.74. The van der Waals surface area contributed by atoms with Crippen LogP contribution in [0.4, 0.5) is 4.39 Å². The average Bonchev–Trinajstić information content (AvgIpc) is 2.73. The number of hydrogen-bond acceptors (Lipinski definition) is 3.